The van der Waals surface area contributed by atoms with E-state index in [9.17, 15) is 9.59 Å². The molecule has 1 N–H and O–H groups in total. The summed E-state index contributed by atoms with van der Waals surface area (Å²) < 4.78 is 0. The Bertz CT molecular complexity index is 872. The first kappa shape index (κ1) is 17.7. The van der Waals surface area contributed by atoms with Crippen LogP contribution in [0.4, 0.5) is 0 Å². The molecule has 1 aromatic heterocycles. The number of carbonyl (C=O) groups excluding carboxylic acids is 1. The highest BCUT2D eigenvalue weighted by Crippen LogP contribution is 2.25. The first-order valence-corrected chi connectivity index (χ1v) is 8.75. The normalized spacial score (nSPS) is 16.4. The largest absolute Gasteiger partial charge is 0.328 e. The number of hydrogen-bond acceptors (Lipinski definition) is 3. The predicted octanol–water partition coefficient (Wildman–Crippen LogP) is 3.46. The maximum atomic E-state index is 12.6. The molecular weight excluding hydrogens is 361 g/mol. The summed E-state index contributed by atoms with van der Waals surface area (Å²) in [6.45, 7) is 2.51. The number of rotatable bonds is 4. The molecular formula is C18H17Cl2N3O2. The van der Waals surface area contributed by atoms with Gasteiger partial charge in [0.1, 0.15) is 11.4 Å². The zero-order valence-electron chi connectivity index (χ0n) is 13.6. The Kier molecular flexibility index (Phi) is 5.25. The molecule has 7 heteroatoms. The average molecular weight is 378 g/mol. The number of hydrogen-bond donors (Lipinski definition) is 1. The minimum absolute atomic E-state index is 0.0218. The van der Waals surface area contributed by atoms with Crippen molar-refractivity contribution in [3.8, 4) is 0 Å². The van der Waals surface area contributed by atoms with E-state index in [-0.39, 0.29) is 23.9 Å². The Morgan fingerprint density at radius 2 is 2.08 bits per heavy atom. The molecule has 0 unspecified atom stereocenters. The second kappa shape index (κ2) is 7.42. The fourth-order valence-corrected chi connectivity index (χ4v) is 3.39. The van der Waals surface area contributed by atoms with E-state index in [4.69, 9.17) is 23.2 Å². The van der Waals surface area contributed by atoms with Crippen molar-refractivity contribution in [2.75, 3.05) is 6.54 Å². The number of H-pyrrole nitrogens is 1. The van der Waals surface area contributed by atoms with Gasteiger partial charge in [0.05, 0.1) is 6.04 Å². The van der Waals surface area contributed by atoms with E-state index in [0.29, 0.717) is 28.0 Å². The predicted molar refractivity (Wildman–Crippen MR) is 98.4 cm³/mol. The van der Waals surface area contributed by atoms with Crippen LogP contribution in [0.2, 0.25) is 10.0 Å². The summed E-state index contributed by atoms with van der Waals surface area (Å²) >= 11 is 12.3. The lowest BCUT2D eigenvalue weighted by atomic mass is 10.1. The third-order valence-electron chi connectivity index (χ3n) is 4.23. The van der Waals surface area contributed by atoms with Gasteiger partial charge in [-0.25, -0.2) is 4.98 Å². The third-order valence-corrected chi connectivity index (χ3v) is 4.94. The molecule has 0 saturated heterocycles. The minimum Gasteiger partial charge on any atom is -0.328 e. The summed E-state index contributed by atoms with van der Waals surface area (Å²) in [5.74, 6) is 0.0936. The van der Waals surface area contributed by atoms with Gasteiger partial charge in [-0.05, 0) is 24.1 Å². The van der Waals surface area contributed by atoms with E-state index in [1.165, 1.54) is 6.20 Å². The van der Waals surface area contributed by atoms with Crippen molar-refractivity contribution < 1.29 is 4.79 Å². The molecule has 0 spiro atoms. The van der Waals surface area contributed by atoms with E-state index >= 15 is 0 Å². The number of carbonyl (C=O) groups is 1. The maximum absolute atomic E-state index is 12.6. The molecule has 2 heterocycles. The number of aromatic amines is 1. The van der Waals surface area contributed by atoms with Crippen LogP contribution in [0.15, 0.2) is 41.3 Å². The van der Waals surface area contributed by atoms with Gasteiger partial charge in [0.2, 0.25) is 0 Å². The summed E-state index contributed by atoms with van der Waals surface area (Å²) in [4.78, 5) is 33.5. The number of nitrogens with one attached hydrogen (secondary N) is 1. The van der Waals surface area contributed by atoms with Crippen molar-refractivity contribution in [1.29, 1.82) is 0 Å². The molecule has 1 aliphatic heterocycles. The van der Waals surface area contributed by atoms with E-state index in [2.05, 4.69) is 9.97 Å². The summed E-state index contributed by atoms with van der Waals surface area (Å²) in [6, 6.07) is 5.22. The zero-order valence-corrected chi connectivity index (χ0v) is 15.1. The molecule has 0 fully saturated rings. The van der Waals surface area contributed by atoms with Gasteiger partial charge in [-0.3, -0.25) is 9.59 Å². The molecule has 0 bridgehead atoms. The van der Waals surface area contributed by atoms with E-state index in [0.717, 1.165) is 6.42 Å². The number of amides is 1. The van der Waals surface area contributed by atoms with E-state index in [1.807, 2.05) is 19.1 Å². The SMILES string of the molecule is CC[C@@H]1C=CCN1C(=O)c1cnc(Cc2c(Cl)cccc2Cl)[nH]c1=O. The van der Waals surface area contributed by atoms with Crippen LogP contribution in [0.3, 0.4) is 0 Å². The van der Waals surface area contributed by atoms with Gasteiger partial charge < -0.3 is 9.88 Å². The maximum Gasteiger partial charge on any atom is 0.263 e. The van der Waals surface area contributed by atoms with Crippen LogP contribution in [0.1, 0.15) is 35.1 Å². The highest BCUT2D eigenvalue weighted by molar-refractivity contribution is 6.36. The minimum atomic E-state index is -0.458. The van der Waals surface area contributed by atoms with Crippen molar-refractivity contribution in [2.45, 2.75) is 25.8 Å². The zero-order chi connectivity index (χ0) is 18.0. The Morgan fingerprint density at radius 1 is 1.36 bits per heavy atom. The van der Waals surface area contributed by atoms with Gasteiger partial charge in [0.15, 0.2) is 0 Å². The number of nitrogens with zero attached hydrogens (tertiary/aromatic N) is 2. The van der Waals surface area contributed by atoms with Crippen molar-refractivity contribution in [3.63, 3.8) is 0 Å². The molecule has 1 aliphatic rings. The van der Waals surface area contributed by atoms with E-state index in [1.54, 1.807) is 23.1 Å². The monoisotopic (exact) mass is 377 g/mol. The molecule has 5 nitrogen and oxygen atoms in total. The van der Waals surface area contributed by atoms with Crippen LogP contribution >= 0.6 is 23.2 Å². The van der Waals surface area contributed by atoms with Crippen LogP contribution in [0.5, 0.6) is 0 Å². The molecule has 2 aromatic rings. The second-order valence-electron chi connectivity index (χ2n) is 5.81. The van der Waals surface area contributed by atoms with Crippen LogP contribution < -0.4 is 5.56 Å². The molecule has 0 aliphatic carbocycles. The van der Waals surface area contributed by atoms with Gasteiger partial charge in [-0.15, -0.1) is 0 Å². The number of benzene rings is 1. The molecule has 3 rings (SSSR count). The van der Waals surface area contributed by atoms with Crippen molar-refractivity contribution in [2.24, 2.45) is 0 Å². The van der Waals surface area contributed by atoms with Gasteiger partial charge in [0.25, 0.3) is 11.5 Å². The first-order chi connectivity index (χ1) is 12.0. The quantitative estimate of drug-likeness (QED) is 0.829. The van der Waals surface area contributed by atoms with Gasteiger partial charge >= 0.3 is 0 Å². The highest BCUT2D eigenvalue weighted by Gasteiger charge is 2.26. The molecule has 1 amide bonds. The first-order valence-electron chi connectivity index (χ1n) is 8.00. The molecule has 130 valence electrons. The Labute approximate surface area is 155 Å². The van der Waals surface area contributed by atoms with E-state index < -0.39 is 5.56 Å². The molecule has 25 heavy (non-hydrogen) atoms. The lowest BCUT2D eigenvalue weighted by Crippen LogP contribution is -2.38. The van der Waals surface area contributed by atoms with Crippen LogP contribution in [0.25, 0.3) is 0 Å². The molecule has 1 atom stereocenters. The average Bonchev–Trinajstić information content (AvgIpc) is 3.06. The van der Waals surface area contributed by atoms with Crippen LogP contribution in [-0.4, -0.2) is 33.4 Å². The molecule has 0 saturated carbocycles. The van der Waals surface area contributed by atoms with Crippen LogP contribution in [0, 0.1) is 0 Å². The topological polar surface area (TPSA) is 66.1 Å². The summed E-state index contributed by atoms with van der Waals surface area (Å²) in [5.41, 5.74) is 0.263. The summed E-state index contributed by atoms with van der Waals surface area (Å²) in [5, 5.41) is 1.01. The molecule has 0 radical (unpaired) electrons. The summed E-state index contributed by atoms with van der Waals surface area (Å²) in [6.07, 6.45) is 6.32. The lowest BCUT2D eigenvalue weighted by molar-refractivity contribution is 0.0745. The third kappa shape index (κ3) is 3.62. The number of aromatic nitrogens is 2. The Balaban J connectivity index is 1.84. The van der Waals surface area contributed by atoms with Crippen molar-refractivity contribution in [1.82, 2.24) is 14.9 Å². The lowest BCUT2D eigenvalue weighted by Gasteiger charge is -2.23. The summed E-state index contributed by atoms with van der Waals surface area (Å²) in [7, 11) is 0. The fourth-order valence-electron chi connectivity index (χ4n) is 2.86. The Hall–Kier alpha value is -2.11. The second-order valence-corrected chi connectivity index (χ2v) is 6.63. The smallest absolute Gasteiger partial charge is 0.263 e. The Morgan fingerprint density at radius 3 is 2.72 bits per heavy atom. The van der Waals surface area contributed by atoms with Gasteiger partial charge in [0, 0.05) is 29.2 Å². The highest BCUT2D eigenvalue weighted by atomic mass is 35.5. The van der Waals surface area contributed by atoms with Crippen molar-refractivity contribution >= 4 is 29.1 Å². The van der Waals surface area contributed by atoms with Gasteiger partial charge in [-0.2, -0.15) is 0 Å². The van der Waals surface area contributed by atoms with Crippen LogP contribution in [-0.2, 0) is 6.42 Å². The van der Waals surface area contributed by atoms with Crippen molar-refractivity contribution in [3.05, 3.63) is 73.9 Å². The number of halogens is 2. The van der Waals surface area contributed by atoms with Gasteiger partial charge in [-0.1, -0.05) is 48.3 Å². The molecule has 1 aromatic carbocycles. The fraction of sp³-hybridized carbons (Fsp3) is 0.278. The standard InChI is InChI=1S/C18H17Cl2N3O2/c1-2-11-5-4-8-23(11)18(25)13-10-21-16(22-17(13)24)9-12-14(19)6-3-7-15(12)20/h3-7,10-11H,2,8-9H2,1H3,(H,21,22,24)/t11-/m1/s1.